The quantitative estimate of drug-likeness (QED) is 0.709. The number of carbonyl (C=O) groups excluding carboxylic acids is 1. The largest absolute Gasteiger partial charge is 0.446 e. The molecule has 0 aliphatic carbocycles. The fourth-order valence-electron chi connectivity index (χ4n) is 3.45. The Morgan fingerprint density at radius 1 is 1.18 bits per heavy atom. The van der Waals surface area contributed by atoms with Crippen molar-refractivity contribution in [1.29, 1.82) is 0 Å². The summed E-state index contributed by atoms with van der Waals surface area (Å²) in [7, 11) is 4.00. The molecular weight excluding hydrogens is 362 g/mol. The third-order valence-electron chi connectivity index (χ3n) is 5.19. The van der Waals surface area contributed by atoms with Gasteiger partial charge in [-0.05, 0) is 50.7 Å². The lowest BCUT2D eigenvalue weighted by Crippen LogP contribution is -2.43. The Morgan fingerprint density at radius 3 is 2.50 bits per heavy atom. The summed E-state index contributed by atoms with van der Waals surface area (Å²) in [6.45, 7) is 3.48. The van der Waals surface area contributed by atoms with E-state index in [2.05, 4.69) is 4.90 Å². The molecule has 6 heteroatoms. The van der Waals surface area contributed by atoms with Gasteiger partial charge in [0.1, 0.15) is 17.7 Å². The zero-order valence-electron chi connectivity index (χ0n) is 16.5. The van der Waals surface area contributed by atoms with Crippen molar-refractivity contribution in [1.82, 2.24) is 9.80 Å². The van der Waals surface area contributed by atoms with Gasteiger partial charge < -0.3 is 14.5 Å². The van der Waals surface area contributed by atoms with Crippen molar-refractivity contribution in [3.8, 4) is 11.1 Å². The van der Waals surface area contributed by atoms with Crippen LogP contribution >= 0.6 is 0 Å². The van der Waals surface area contributed by atoms with Crippen molar-refractivity contribution < 1.29 is 18.3 Å². The van der Waals surface area contributed by atoms with Crippen LogP contribution in [0.5, 0.6) is 0 Å². The van der Waals surface area contributed by atoms with Crippen molar-refractivity contribution in [3.05, 3.63) is 59.7 Å². The highest BCUT2D eigenvalue weighted by atomic mass is 19.1. The van der Waals surface area contributed by atoms with Gasteiger partial charge in [-0.15, -0.1) is 0 Å². The average molecular weight is 388 g/mol. The zero-order valence-corrected chi connectivity index (χ0v) is 16.5. The fraction of sp³-hybridized carbons (Fsp3) is 0.409. The van der Waals surface area contributed by atoms with Crippen LogP contribution in [0.1, 0.15) is 31.4 Å². The highest BCUT2D eigenvalue weighted by Gasteiger charge is 2.30. The van der Waals surface area contributed by atoms with E-state index in [0.717, 1.165) is 31.0 Å². The van der Waals surface area contributed by atoms with Gasteiger partial charge in [-0.25, -0.2) is 13.6 Å². The molecular formula is C22H26F2N2O2. The van der Waals surface area contributed by atoms with E-state index in [1.807, 2.05) is 33.2 Å². The molecule has 0 saturated carbocycles. The molecule has 28 heavy (non-hydrogen) atoms. The fourth-order valence-corrected chi connectivity index (χ4v) is 3.45. The van der Waals surface area contributed by atoms with E-state index in [1.54, 1.807) is 17.0 Å². The Kier molecular flexibility index (Phi) is 6.29. The van der Waals surface area contributed by atoms with Crippen LogP contribution < -0.4 is 0 Å². The van der Waals surface area contributed by atoms with Crippen LogP contribution in [-0.2, 0) is 4.74 Å². The van der Waals surface area contributed by atoms with E-state index in [0.29, 0.717) is 17.7 Å². The predicted octanol–water partition coefficient (Wildman–Crippen LogP) is 4.86. The van der Waals surface area contributed by atoms with Gasteiger partial charge in [-0.2, -0.15) is 0 Å². The number of nitrogens with zero attached hydrogens (tertiary/aromatic N) is 2. The first-order valence-electron chi connectivity index (χ1n) is 9.52. The van der Waals surface area contributed by atoms with Crippen LogP contribution in [0.3, 0.4) is 0 Å². The number of halogens is 2. The van der Waals surface area contributed by atoms with Gasteiger partial charge in [-0.1, -0.05) is 24.3 Å². The Balaban J connectivity index is 1.66. The van der Waals surface area contributed by atoms with E-state index in [4.69, 9.17) is 4.74 Å². The molecule has 3 rings (SSSR count). The van der Waals surface area contributed by atoms with Crippen molar-refractivity contribution in [2.75, 3.05) is 27.2 Å². The number of cyclic esters (lactones) is 1. The topological polar surface area (TPSA) is 32.8 Å². The van der Waals surface area contributed by atoms with Crippen molar-refractivity contribution in [2.45, 2.75) is 31.9 Å². The summed E-state index contributed by atoms with van der Waals surface area (Å²) in [5.41, 5.74) is 1.95. The minimum absolute atomic E-state index is 0.0397. The van der Waals surface area contributed by atoms with Crippen molar-refractivity contribution in [3.63, 3.8) is 0 Å². The van der Waals surface area contributed by atoms with Crippen LogP contribution in [0, 0.1) is 11.6 Å². The van der Waals surface area contributed by atoms with Gasteiger partial charge in [0.25, 0.3) is 0 Å². The Labute approximate surface area is 164 Å². The molecule has 150 valence electrons. The third kappa shape index (κ3) is 4.68. The summed E-state index contributed by atoms with van der Waals surface area (Å²) in [4.78, 5) is 16.2. The second kappa shape index (κ2) is 8.69. The molecule has 2 aromatic rings. The standard InChI is InChI=1S/C22H26F2N2O2/c1-15(26-13-11-19(28-22(26)27)10-12-25(2)3)16-4-6-17(7-5-16)20-9-8-18(23)14-21(20)24/h4-9,14-15,19H,10-13H2,1-3H3. The molecule has 1 amide bonds. The maximum Gasteiger partial charge on any atom is 0.410 e. The summed E-state index contributed by atoms with van der Waals surface area (Å²) in [6, 6.07) is 10.7. The van der Waals surface area contributed by atoms with Crippen LogP contribution in [0.4, 0.5) is 13.6 Å². The number of rotatable bonds is 6. The van der Waals surface area contributed by atoms with Gasteiger partial charge >= 0.3 is 6.09 Å². The summed E-state index contributed by atoms with van der Waals surface area (Å²) in [5.74, 6) is -1.19. The van der Waals surface area contributed by atoms with E-state index in [9.17, 15) is 13.6 Å². The van der Waals surface area contributed by atoms with E-state index in [1.165, 1.54) is 12.1 Å². The minimum atomic E-state index is -0.598. The van der Waals surface area contributed by atoms with Gasteiger partial charge in [0.15, 0.2) is 0 Å². The van der Waals surface area contributed by atoms with Crippen molar-refractivity contribution >= 4 is 6.09 Å². The summed E-state index contributed by atoms with van der Waals surface area (Å²) < 4.78 is 32.7. The number of hydrogen-bond donors (Lipinski definition) is 0. The van der Waals surface area contributed by atoms with E-state index < -0.39 is 11.6 Å². The summed E-state index contributed by atoms with van der Waals surface area (Å²) >= 11 is 0. The monoisotopic (exact) mass is 388 g/mol. The van der Waals surface area contributed by atoms with Gasteiger partial charge in [0, 0.05) is 31.1 Å². The Bertz CT molecular complexity index is 824. The first-order chi connectivity index (χ1) is 13.3. The number of benzene rings is 2. The molecule has 0 radical (unpaired) electrons. The molecule has 1 fully saturated rings. The Morgan fingerprint density at radius 2 is 1.89 bits per heavy atom. The van der Waals surface area contributed by atoms with Crippen LogP contribution in [0.15, 0.2) is 42.5 Å². The Hall–Kier alpha value is -2.47. The maximum absolute atomic E-state index is 14.0. The molecule has 0 aromatic heterocycles. The molecule has 1 saturated heterocycles. The van der Waals surface area contributed by atoms with Crippen LogP contribution in [0.2, 0.25) is 0 Å². The second-order valence-electron chi connectivity index (χ2n) is 7.50. The van der Waals surface area contributed by atoms with E-state index >= 15 is 0 Å². The summed E-state index contributed by atoms with van der Waals surface area (Å²) in [5, 5.41) is 0. The SMILES string of the molecule is CC(c1ccc(-c2ccc(F)cc2F)cc1)N1CCC(CCN(C)C)OC1=O. The first kappa shape index (κ1) is 20.3. The summed E-state index contributed by atoms with van der Waals surface area (Å²) in [6.07, 6.45) is 1.31. The molecule has 0 spiro atoms. The molecule has 1 heterocycles. The molecule has 4 nitrogen and oxygen atoms in total. The lowest BCUT2D eigenvalue weighted by atomic mass is 10.00. The van der Waals surface area contributed by atoms with Crippen LogP contribution in [0.25, 0.3) is 11.1 Å². The van der Waals surface area contributed by atoms with E-state index in [-0.39, 0.29) is 18.2 Å². The molecule has 2 unspecified atom stereocenters. The average Bonchev–Trinajstić information content (AvgIpc) is 2.66. The zero-order chi connectivity index (χ0) is 20.3. The predicted molar refractivity (Wildman–Crippen MR) is 105 cm³/mol. The normalized spacial score (nSPS) is 18.3. The lowest BCUT2D eigenvalue weighted by Gasteiger charge is -2.36. The van der Waals surface area contributed by atoms with Gasteiger partial charge in [0.05, 0.1) is 6.04 Å². The molecule has 0 N–H and O–H groups in total. The third-order valence-corrected chi connectivity index (χ3v) is 5.19. The molecule has 0 bridgehead atoms. The van der Waals surface area contributed by atoms with Gasteiger partial charge in [0.2, 0.25) is 0 Å². The molecule has 1 aliphatic heterocycles. The minimum Gasteiger partial charge on any atom is -0.446 e. The highest BCUT2D eigenvalue weighted by molar-refractivity contribution is 5.69. The number of ether oxygens (including phenoxy) is 1. The molecule has 1 aliphatic rings. The van der Waals surface area contributed by atoms with Crippen molar-refractivity contribution in [2.24, 2.45) is 0 Å². The first-order valence-corrected chi connectivity index (χ1v) is 9.52. The van der Waals surface area contributed by atoms with Crippen LogP contribution in [-0.4, -0.2) is 49.2 Å². The lowest BCUT2D eigenvalue weighted by molar-refractivity contribution is 0.00768. The number of hydrogen-bond acceptors (Lipinski definition) is 3. The maximum atomic E-state index is 14.0. The number of amides is 1. The smallest absolute Gasteiger partial charge is 0.410 e. The highest BCUT2D eigenvalue weighted by Crippen LogP contribution is 2.29. The molecule has 2 aromatic carbocycles. The second-order valence-corrected chi connectivity index (χ2v) is 7.50. The number of carbonyl (C=O) groups is 1. The molecule has 2 atom stereocenters. The van der Waals surface area contributed by atoms with Gasteiger partial charge in [-0.3, -0.25) is 0 Å².